The minimum absolute atomic E-state index is 0.302. The Bertz CT molecular complexity index is 674. The van der Waals surface area contributed by atoms with Crippen molar-refractivity contribution in [1.82, 2.24) is 5.32 Å². The van der Waals surface area contributed by atoms with Crippen LogP contribution in [0.3, 0.4) is 0 Å². The standard InChI is InChI=1S/C17H15FN2O/c1-2-12-5-3-4-6-15(12)17(21)20-16(11-19)13-7-9-14(18)10-8-13/h3-10,16H,2H2,1H3,(H,20,21)/t16-/m0/s1. The molecule has 0 saturated carbocycles. The number of nitrogens with one attached hydrogen (secondary N) is 1. The minimum atomic E-state index is -0.803. The number of nitrogens with zero attached hydrogens (tertiary/aromatic N) is 1. The lowest BCUT2D eigenvalue weighted by molar-refractivity contribution is 0.0944. The van der Waals surface area contributed by atoms with Crippen molar-refractivity contribution in [3.05, 3.63) is 71.0 Å². The highest BCUT2D eigenvalue weighted by Crippen LogP contribution is 2.15. The van der Waals surface area contributed by atoms with Crippen molar-refractivity contribution in [1.29, 1.82) is 5.26 Å². The first-order valence-electron chi connectivity index (χ1n) is 6.69. The van der Waals surface area contributed by atoms with E-state index < -0.39 is 6.04 Å². The summed E-state index contributed by atoms with van der Waals surface area (Å²) in [7, 11) is 0. The van der Waals surface area contributed by atoms with Gasteiger partial charge in [-0.3, -0.25) is 4.79 Å². The fourth-order valence-electron chi connectivity index (χ4n) is 2.10. The van der Waals surface area contributed by atoms with Crippen LogP contribution >= 0.6 is 0 Å². The molecule has 21 heavy (non-hydrogen) atoms. The lowest BCUT2D eigenvalue weighted by atomic mass is 10.0. The molecule has 1 atom stereocenters. The molecule has 2 rings (SSSR count). The number of rotatable bonds is 4. The number of hydrogen-bond donors (Lipinski definition) is 1. The Labute approximate surface area is 123 Å². The van der Waals surface area contributed by atoms with Gasteiger partial charge < -0.3 is 5.32 Å². The summed E-state index contributed by atoms with van der Waals surface area (Å²) in [5.41, 5.74) is 2.04. The van der Waals surface area contributed by atoms with Gasteiger partial charge in [0.2, 0.25) is 0 Å². The van der Waals surface area contributed by atoms with E-state index >= 15 is 0 Å². The number of benzene rings is 2. The van der Waals surface area contributed by atoms with Crippen molar-refractivity contribution in [2.45, 2.75) is 19.4 Å². The van der Waals surface area contributed by atoms with E-state index in [1.54, 1.807) is 12.1 Å². The van der Waals surface area contributed by atoms with Crippen LogP contribution in [0.1, 0.15) is 34.5 Å². The summed E-state index contributed by atoms with van der Waals surface area (Å²) in [4.78, 5) is 12.3. The normalized spacial score (nSPS) is 11.5. The number of carbonyl (C=O) groups is 1. The molecule has 0 radical (unpaired) electrons. The lowest BCUT2D eigenvalue weighted by Crippen LogP contribution is -2.28. The van der Waals surface area contributed by atoms with Crippen molar-refractivity contribution in [3.8, 4) is 6.07 Å². The fourth-order valence-corrected chi connectivity index (χ4v) is 2.10. The molecule has 2 aromatic rings. The first-order chi connectivity index (χ1) is 10.2. The highest BCUT2D eigenvalue weighted by atomic mass is 19.1. The van der Waals surface area contributed by atoms with Gasteiger partial charge in [0.25, 0.3) is 5.91 Å². The van der Waals surface area contributed by atoms with Crippen LogP contribution in [0.25, 0.3) is 0 Å². The smallest absolute Gasteiger partial charge is 0.252 e. The zero-order chi connectivity index (χ0) is 15.2. The van der Waals surface area contributed by atoms with Gasteiger partial charge in [0.15, 0.2) is 0 Å². The topological polar surface area (TPSA) is 52.9 Å². The number of nitriles is 1. The maximum atomic E-state index is 12.9. The van der Waals surface area contributed by atoms with Crippen molar-refractivity contribution in [3.63, 3.8) is 0 Å². The molecular weight excluding hydrogens is 267 g/mol. The molecule has 0 saturated heterocycles. The SMILES string of the molecule is CCc1ccccc1C(=O)N[C@@H](C#N)c1ccc(F)cc1. The molecule has 0 aliphatic heterocycles. The highest BCUT2D eigenvalue weighted by Gasteiger charge is 2.16. The minimum Gasteiger partial charge on any atom is -0.332 e. The van der Waals surface area contributed by atoms with E-state index in [4.69, 9.17) is 0 Å². The predicted molar refractivity (Wildman–Crippen MR) is 78.0 cm³/mol. The number of halogens is 1. The van der Waals surface area contributed by atoms with Crippen LogP contribution in [-0.2, 0) is 6.42 Å². The van der Waals surface area contributed by atoms with E-state index in [0.717, 1.165) is 12.0 Å². The molecule has 2 aromatic carbocycles. The molecule has 0 aromatic heterocycles. The molecule has 0 aliphatic rings. The van der Waals surface area contributed by atoms with Crippen LogP contribution in [0.2, 0.25) is 0 Å². The number of hydrogen-bond acceptors (Lipinski definition) is 2. The van der Waals surface area contributed by atoms with E-state index in [0.29, 0.717) is 11.1 Å². The molecule has 0 aliphatic carbocycles. The van der Waals surface area contributed by atoms with Crippen LogP contribution < -0.4 is 5.32 Å². The second kappa shape index (κ2) is 6.67. The second-order valence-corrected chi connectivity index (χ2v) is 4.60. The Balaban J connectivity index is 2.21. The van der Waals surface area contributed by atoms with Crippen LogP contribution in [0.4, 0.5) is 4.39 Å². The third-order valence-corrected chi connectivity index (χ3v) is 3.25. The Morgan fingerprint density at radius 1 is 1.24 bits per heavy atom. The van der Waals surface area contributed by atoms with E-state index in [1.165, 1.54) is 24.3 Å². The molecule has 1 amide bonds. The number of amides is 1. The Morgan fingerprint density at radius 2 is 1.90 bits per heavy atom. The van der Waals surface area contributed by atoms with Gasteiger partial charge in [-0.15, -0.1) is 0 Å². The van der Waals surface area contributed by atoms with Gasteiger partial charge in [0.1, 0.15) is 11.9 Å². The van der Waals surface area contributed by atoms with Crippen LogP contribution in [0.5, 0.6) is 0 Å². The molecule has 0 fully saturated rings. The van der Waals surface area contributed by atoms with E-state index in [1.807, 2.05) is 25.1 Å². The summed E-state index contributed by atoms with van der Waals surface area (Å²) >= 11 is 0. The molecule has 4 heteroatoms. The van der Waals surface area contributed by atoms with Gasteiger partial charge in [-0.05, 0) is 35.7 Å². The van der Waals surface area contributed by atoms with Gasteiger partial charge in [-0.25, -0.2) is 4.39 Å². The summed E-state index contributed by atoms with van der Waals surface area (Å²) in [5.74, 6) is -0.679. The molecular formula is C17H15FN2O. The maximum absolute atomic E-state index is 12.9. The third kappa shape index (κ3) is 3.46. The van der Waals surface area contributed by atoms with Crippen molar-refractivity contribution >= 4 is 5.91 Å². The van der Waals surface area contributed by atoms with Gasteiger partial charge >= 0.3 is 0 Å². The fraction of sp³-hybridized carbons (Fsp3) is 0.176. The molecule has 1 N–H and O–H groups in total. The summed E-state index contributed by atoms with van der Waals surface area (Å²) in [5, 5.41) is 11.9. The van der Waals surface area contributed by atoms with Crippen molar-refractivity contribution in [2.75, 3.05) is 0 Å². The van der Waals surface area contributed by atoms with E-state index in [9.17, 15) is 14.4 Å². The Hall–Kier alpha value is -2.67. The number of aryl methyl sites for hydroxylation is 1. The molecule has 0 unspecified atom stereocenters. The second-order valence-electron chi connectivity index (χ2n) is 4.60. The average molecular weight is 282 g/mol. The third-order valence-electron chi connectivity index (χ3n) is 3.25. The van der Waals surface area contributed by atoms with Crippen molar-refractivity contribution in [2.24, 2.45) is 0 Å². The molecule has 0 spiro atoms. The van der Waals surface area contributed by atoms with Gasteiger partial charge in [0, 0.05) is 5.56 Å². The Kier molecular flexibility index (Phi) is 4.68. The Morgan fingerprint density at radius 3 is 2.52 bits per heavy atom. The lowest BCUT2D eigenvalue weighted by Gasteiger charge is -2.13. The highest BCUT2D eigenvalue weighted by molar-refractivity contribution is 5.96. The van der Waals surface area contributed by atoms with Crippen LogP contribution in [0, 0.1) is 17.1 Å². The quantitative estimate of drug-likeness (QED) is 0.934. The largest absolute Gasteiger partial charge is 0.332 e. The first kappa shape index (κ1) is 14.7. The van der Waals surface area contributed by atoms with Crippen molar-refractivity contribution < 1.29 is 9.18 Å². The summed E-state index contributed by atoms with van der Waals surface area (Å²) in [6, 6.07) is 14.0. The van der Waals surface area contributed by atoms with Crippen LogP contribution in [0.15, 0.2) is 48.5 Å². The van der Waals surface area contributed by atoms with E-state index in [2.05, 4.69) is 5.32 Å². The zero-order valence-corrected chi connectivity index (χ0v) is 11.6. The van der Waals surface area contributed by atoms with Gasteiger partial charge in [-0.2, -0.15) is 5.26 Å². The van der Waals surface area contributed by atoms with E-state index in [-0.39, 0.29) is 11.7 Å². The van der Waals surface area contributed by atoms with Crippen LogP contribution in [-0.4, -0.2) is 5.91 Å². The number of carbonyl (C=O) groups excluding carboxylic acids is 1. The summed E-state index contributed by atoms with van der Waals surface area (Å²) in [6.45, 7) is 1.97. The molecule has 106 valence electrons. The van der Waals surface area contributed by atoms with Gasteiger partial charge in [-0.1, -0.05) is 37.3 Å². The molecule has 3 nitrogen and oxygen atoms in total. The average Bonchev–Trinajstić information content (AvgIpc) is 2.53. The maximum Gasteiger partial charge on any atom is 0.252 e. The molecule has 0 heterocycles. The summed E-state index contributed by atoms with van der Waals surface area (Å²) in [6.07, 6.45) is 0.733. The molecule has 0 bridgehead atoms. The first-order valence-corrected chi connectivity index (χ1v) is 6.69. The predicted octanol–water partition coefficient (Wildman–Crippen LogP) is 3.38. The zero-order valence-electron chi connectivity index (χ0n) is 11.6. The summed E-state index contributed by atoms with van der Waals surface area (Å²) < 4.78 is 12.9. The monoisotopic (exact) mass is 282 g/mol. The van der Waals surface area contributed by atoms with Gasteiger partial charge in [0.05, 0.1) is 6.07 Å².